The van der Waals surface area contributed by atoms with E-state index in [1.54, 1.807) is 22.7 Å². The van der Waals surface area contributed by atoms with Crippen LogP contribution in [0, 0.1) is 9.02 Å². The minimum atomic E-state index is 0.903. The lowest BCUT2D eigenvalue weighted by Gasteiger charge is -1.92. The van der Waals surface area contributed by atoms with Crippen LogP contribution in [0.25, 0.3) is 9.40 Å². The molecule has 2 aromatic rings. The Morgan fingerprint density at radius 3 is 1.67 bits per heavy atom. The van der Waals surface area contributed by atoms with Gasteiger partial charge in [-0.1, -0.05) is 24.4 Å². The van der Waals surface area contributed by atoms with Gasteiger partial charge in [-0.3, -0.25) is 0 Å². The first kappa shape index (κ1) is 8.44. The van der Waals surface area contributed by atoms with Gasteiger partial charge in [-0.25, -0.2) is 0 Å². The molecular formula is C8H4S4. The summed E-state index contributed by atoms with van der Waals surface area (Å²) >= 11 is 13.7. The first-order valence-corrected chi connectivity index (χ1v) is 5.86. The van der Waals surface area contributed by atoms with E-state index in [1.165, 1.54) is 0 Å². The molecule has 0 aliphatic rings. The van der Waals surface area contributed by atoms with E-state index in [-0.39, 0.29) is 0 Å². The van der Waals surface area contributed by atoms with Crippen molar-refractivity contribution < 1.29 is 0 Å². The minimum absolute atomic E-state index is 0.903. The third kappa shape index (κ3) is 1.35. The molecule has 60 valence electrons. The van der Waals surface area contributed by atoms with Crippen molar-refractivity contribution >= 4 is 56.5 Å². The summed E-state index contributed by atoms with van der Waals surface area (Å²) in [5.74, 6) is 0. The second-order valence-corrected chi connectivity index (χ2v) is 4.94. The number of hydrogen-bond donors (Lipinski definition) is 0. The van der Waals surface area contributed by atoms with Crippen molar-refractivity contribution in [1.82, 2.24) is 0 Å². The van der Waals surface area contributed by atoms with Crippen LogP contribution in [0.1, 0.15) is 0 Å². The summed E-state index contributed by atoms with van der Waals surface area (Å²) < 4.78 is 4.09. The number of rotatable bonds is 0. The molecule has 12 heavy (non-hydrogen) atoms. The maximum Gasteiger partial charge on any atom is 0.0637 e. The highest BCUT2D eigenvalue weighted by atomic mass is 32.1. The van der Waals surface area contributed by atoms with Crippen LogP contribution in [0.3, 0.4) is 0 Å². The summed E-state index contributed by atoms with van der Waals surface area (Å²) in [6.45, 7) is 0. The van der Waals surface area contributed by atoms with Crippen LogP contribution in [0.2, 0.25) is 0 Å². The molecule has 0 saturated carbocycles. The molecule has 0 aliphatic heterocycles. The van der Waals surface area contributed by atoms with Gasteiger partial charge in [0.1, 0.15) is 0 Å². The molecule has 0 unspecified atom stereocenters. The van der Waals surface area contributed by atoms with Crippen LogP contribution < -0.4 is 0 Å². The van der Waals surface area contributed by atoms with Gasteiger partial charge in [0.05, 0.1) is 18.4 Å². The summed E-state index contributed by atoms with van der Waals surface area (Å²) in [4.78, 5) is 0. The molecule has 0 atom stereocenters. The lowest BCUT2D eigenvalue weighted by Crippen LogP contribution is -1.67. The highest BCUT2D eigenvalue weighted by molar-refractivity contribution is 7.72. The Morgan fingerprint density at radius 2 is 1.25 bits per heavy atom. The average molecular weight is 228 g/mol. The molecule has 0 nitrogen and oxygen atoms in total. The summed E-state index contributed by atoms with van der Waals surface area (Å²) in [5.41, 5.74) is 0. The zero-order chi connectivity index (χ0) is 8.55. The third-order valence-corrected chi connectivity index (χ3v) is 4.40. The van der Waals surface area contributed by atoms with Crippen molar-refractivity contribution in [3.8, 4) is 0 Å². The predicted octanol–water partition coefficient (Wildman–Crippen LogP) is 4.42. The molecule has 0 aromatic carbocycles. The third-order valence-electron chi connectivity index (χ3n) is 1.46. The molecule has 2 heterocycles. The van der Waals surface area contributed by atoms with Crippen molar-refractivity contribution in [3.63, 3.8) is 0 Å². The summed E-state index contributed by atoms with van der Waals surface area (Å²) in [5, 5.41) is 3.99. The van der Waals surface area contributed by atoms with Gasteiger partial charge in [0.25, 0.3) is 0 Å². The second-order valence-electron chi connectivity index (χ2n) is 2.23. The number of hydrogen-bond acceptors (Lipinski definition) is 4. The molecule has 0 spiro atoms. The van der Waals surface area contributed by atoms with Gasteiger partial charge in [0, 0.05) is 0 Å². The molecule has 0 amide bonds. The second kappa shape index (κ2) is 3.30. The van der Waals surface area contributed by atoms with Crippen LogP contribution >= 0.6 is 47.1 Å². The quantitative estimate of drug-likeness (QED) is 0.612. The van der Waals surface area contributed by atoms with Gasteiger partial charge in [-0.2, -0.15) is 0 Å². The van der Waals surface area contributed by atoms with E-state index in [0.29, 0.717) is 0 Å². The average Bonchev–Trinajstić information content (AvgIpc) is 2.07. The minimum Gasteiger partial charge on any atom is -0.141 e. The summed E-state index contributed by atoms with van der Waals surface area (Å²) in [7, 11) is 0. The van der Waals surface area contributed by atoms with Gasteiger partial charge in [-0.05, 0) is 22.9 Å². The molecule has 0 saturated heterocycles. The molecular weight excluding hydrogens is 224 g/mol. The van der Waals surface area contributed by atoms with E-state index in [2.05, 4.69) is 0 Å². The fraction of sp³-hybridized carbons (Fsp3) is 0. The molecule has 0 N–H and O–H groups in total. The van der Waals surface area contributed by atoms with Crippen LogP contribution in [0.4, 0.5) is 0 Å². The molecule has 2 rings (SSSR count). The highest BCUT2D eigenvalue weighted by Gasteiger charge is 1.95. The molecule has 0 fully saturated rings. The molecule has 2 aromatic heterocycles. The largest absolute Gasteiger partial charge is 0.141 e. The van der Waals surface area contributed by atoms with Crippen molar-refractivity contribution in [2.24, 2.45) is 0 Å². The Labute approximate surface area is 88.1 Å². The Bertz CT molecular complexity index is 471. The predicted molar refractivity (Wildman–Crippen MR) is 61.4 cm³/mol. The van der Waals surface area contributed by atoms with E-state index >= 15 is 0 Å². The molecule has 0 radical (unpaired) electrons. The SMILES string of the molecule is S=c1ccsc2c(=S)ccsc12. The fourth-order valence-corrected chi connectivity index (χ4v) is 3.63. The first-order chi connectivity index (χ1) is 5.79. The lowest BCUT2D eigenvalue weighted by atomic mass is 10.4. The van der Waals surface area contributed by atoms with E-state index < -0.39 is 0 Å². The topological polar surface area (TPSA) is 0 Å². The van der Waals surface area contributed by atoms with Crippen molar-refractivity contribution in [2.75, 3.05) is 0 Å². The Hall–Kier alpha value is -0.160. The molecule has 0 aliphatic carbocycles. The van der Waals surface area contributed by atoms with Crippen LogP contribution in [-0.4, -0.2) is 0 Å². The summed E-state index contributed by atoms with van der Waals surface area (Å²) in [6, 6.07) is 3.90. The van der Waals surface area contributed by atoms with Crippen LogP contribution in [0.15, 0.2) is 22.9 Å². The maximum atomic E-state index is 5.18. The Balaban J connectivity index is 3.15. The van der Waals surface area contributed by atoms with Gasteiger partial charge in [0.2, 0.25) is 0 Å². The maximum absolute atomic E-state index is 5.18. The van der Waals surface area contributed by atoms with E-state index in [4.69, 9.17) is 24.4 Å². The van der Waals surface area contributed by atoms with E-state index in [0.717, 1.165) is 18.4 Å². The zero-order valence-corrected chi connectivity index (χ0v) is 9.21. The van der Waals surface area contributed by atoms with E-state index in [9.17, 15) is 0 Å². The van der Waals surface area contributed by atoms with Crippen molar-refractivity contribution in [3.05, 3.63) is 31.9 Å². The molecule has 0 bridgehead atoms. The normalized spacial score (nSPS) is 10.3. The standard InChI is InChI=1S/C8H4S4/c9-5-1-3-11-8-6(10)2-4-12-7(5)8/h1-4H. The van der Waals surface area contributed by atoms with Crippen molar-refractivity contribution in [1.29, 1.82) is 0 Å². The summed E-state index contributed by atoms with van der Waals surface area (Å²) in [6.07, 6.45) is 0. The molecule has 4 heteroatoms. The van der Waals surface area contributed by atoms with Gasteiger partial charge in [-0.15, -0.1) is 22.7 Å². The highest BCUT2D eigenvalue weighted by Crippen LogP contribution is 2.24. The smallest absolute Gasteiger partial charge is 0.0637 e. The van der Waals surface area contributed by atoms with Gasteiger partial charge in [0.15, 0.2) is 0 Å². The van der Waals surface area contributed by atoms with Gasteiger partial charge >= 0.3 is 0 Å². The van der Waals surface area contributed by atoms with Crippen LogP contribution in [0.5, 0.6) is 0 Å². The lowest BCUT2D eigenvalue weighted by molar-refractivity contribution is 1.90. The fourth-order valence-electron chi connectivity index (χ4n) is 0.926. The first-order valence-electron chi connectivity index (χ1n) is 3.28. The van der Waals surface area contributed by atoms with Crippen molar-refractivity contribution in [2.45, 2.75) is 0 Å². The van der Waals surface area contributed by atoms with E-state index in [1.807, 2.05) is 22.9 Å². The monoisotopic (exact) mass is 228 g/mol. The van der Waals surface area contributed by atoms with Crippen LogP contribution in [-0.2, 0) is 0 Å². The van der Waals surface area contributed by atoms with Gasteiger partial charge < -0.3 is 0 Å². The Kier molecular flexibility index (Phi) is 2.32. The Morgan fingerprint density at radius 1 is 0.833 bits per heavy atom. The zero-order valence-electron chi connectivity index (χ0n) is 5.94. The number of fused-ring (bicyclic) bond motifs is 1.